The Kier molecular flexibility index (Phi) is 4.15. The van der Waals surface area contributed by atoms with Gasteiger partial charge in [-0.1, -0.05) is 24.3 Å². The minimum absolute atomic E-state index is 0.0951. The van der Waals surface area contributed by atoms with E-state index in [-0.39, 0.29) is 11.3 Å². The summed E-state index contributed by atoms with van der Waals surface area (Å²) in [5.41, 5.74) is 2.34. The molecular weight excluding hydrogens is 332 g/mol. The first-order valence-electron chi connectivity index (χ1n) is 8.19. The molecule has 25 heavy (non-hydrogen) atoms. The molecule has 0 atom stereocenters. The summed E-state index contributed by atoms with van der Waals surface area (Å²) < 4.78 is 3.04. The SMILES string of the molecule is O=C1CCC/C1=c1\s/c(=C\c2cccnc2)c(=O)n1-c1ccccc1. The molecule has 0 radical (unpaired) electrons. The molecule has 4 rings (SSSR count). The summed E-state index contributed by atoms with van der Waals surface area (Å²) in [5.74, 6) is 0.152. The number of para-hydroxylation sites is 1. The van der Waals surface area contributed by atoms with Crippen LogP contribution in [0, 0.1) is 0 Å². The quantitative estimate of drug-likeness (QED) is 0.712. The number of pyridine rings is 1. The molecule has 0 aliphatic heterocycles. The Morgan fingerprint density at radius 2 is 1.88 bits per heavy atom. The molecule has 2 aromatic heterocycles. The van der Waals surface area contributed by atoms with Crippen LogP contribution >= 0.6 is 11.3 Å². The van der Waals surface area contributed by atoms with Crippen molar-refractivity contribution < 1.29 is 4.79 Å². The monoisotopic (exact) mass is 348 g/mol. The molecule has 3 aromatic rings. The highest BCUT2D eigenvalue weighted by Crippen LogP contribution is 2.20. The highest BCUT2D eigenvalue weighted by atomic mass is 32.1. The van der Waals surface area contributed by atoms with E-state index in [1.54, 1.807) is 17.0 Å². The molecule has 1 fully saturated rings. The summed E-state index contributed by atoms with van der Waals surface area (Å²) in [6.45, 7) is 0. The summed E-state index contributed by atoms with van der Waals surface area (Å²) in [4.78, 5) is 29.4. The van der Waals surface area contributed by atoms with Gasteiger partial charge < -0.3 is 0 Å². The minimum atomic E-state index is -0.0951. The Morgan fingerprint density at radius 3 is 2.56 bits per heavy atom. The zero-order valence-corrected chi connectivity index (χ0v) is 14.3. The van der Waals surface area contributed by atoms with Gasteiger partial charge in [-0.3, -0.25) is 19.1 Å². The molecule has 4 nitrogen and oxygen atoms in total. The van der Waals surface area contributed by atoms with Crippen molar-refractivity contribution in [1.29, 1.82) is 0 Å². The summed E-state index contributed by atoms with van der Waals surface area (Å²) in [6.07, 6.45) is 7.42. The van der Waals surface area contributed by atoms with Crippen LogP contribution in [-0.4, -0.2) is 15.3 Å². The highest BCUT2D eigenvalue weighted by Gasteiger charge is 2.21. The van der Waals surface area contributed by atoms with E-state index in [1.807, 2.05) is 48.5 Å². The average Bonchev–Trinajstić information content (AvgIpc) is 3.20. The van der Waals surface area contributed by atoms with Crippen LogP contribution in [0.3, 0.4) is 0 Å². The number of carbonyl (C=O) groups is 1. The van der Waals surface area contributed by atoms with E-state index in [9.17, 15) is 9.59 Å². The first-order chi connectivity index (χ1) is 12.2. The normalized spacial score (nSPS) is 17.3. The van der Waals surface area contributed by atoms with Crippen molar-refractivity contribution in [3.8, 4) is 5.69 Å². The maximum Gasteiger partial charge on any atom is 0.273 e. The number of hydrogen-bond acceptors (Lipinski definition) is 4. The van der Waals surface area contributed by atoms with Crippen LogP contribution in [0.25, 0.3) is 17.3 Å². The maximum atomic E-state index is 13.1. The van der Waals surface area contributed by atoms with Crippen molar-refractivity contribution in [3.63, 3.8) is 0 Å². The lowest BCUT2D eigenvalue weighted by Crippen LogP contribution is -2.31. The molecule has 1 aliphatic carbocycles. The van der Waals surface area contributed by atoms with Crippen LogP contribution in [0.1, 0.15) is 24.8 Å². The van der Waals surface area contributed by atoms with E-state index in [2.05, 4.69) is 4.98 Å². The van der Waals surface area contributed by atoms with Crippen molar-refractivity contribution >= 4 is 28.8 Å². The summed E-state index contributed by atoms with van der Waals surface area (Å²) in [7, 11) is 0. The number of rotatable bonds is 2. The van der Waals surface area contributed by atoms with Crippen LogP contribution < -0.4 is 14.8 Å². The van der Waals surface area contributed by atoms with E-state index in [1.165, 1.54) is 11.3 Å². The van der Waals surface area contributed by atoms with Gasteiger partial charge in [-0.2, -0.15) is 0 Å². The van der Waals surface area contributed by atoms with Crippen molar-refractivity contribution in [2.24, 2.45) is 0 Å². The topological polar surface area (TPSA) is 52.0 Å². The fourth-order valence-electron chi connectivity index (χ4n) is 3.05. The van der Waals surface area contributed by atoms with E-state index >= 15 is 0 Å². The first kappa shape index (κ1) is 15.7. The van der Waals surface area contributed by atoms with Crippen molar-refractivity contribution in [3.05, 3.63) is 80.0 Å². The molecule has 1 aliphatic rings. The van der Waals surface area contributed by atoms with E-state index in [0.29, 0.717) is 11.0 Å². The fourth-order valence-corrected chi connectivity index (χ4v) is 4.25. The van der Waals surface area contributed by atoms with Crippen LogP contribution in [0.2, 0.25) is 0 Å². The lowest BCUT2D eigenvalue weighted by molar-refractivity contribution is -0.113. The fraction of sp³-hybridized carbons (Fsp3) is 0.150. The Hall–Kier alpha value is -2.79. The van der Waals surface area contributed by atoms with Gasteiger partial charge in [0.2, 0.25) is 0 Å². The number of Topliss-reactive ketones (excluding diaryl/α,β-unsaturated/α-hetero) is 1. The maximum absolute atomic E-state index is 13.1. The Bertz CT molecular complexity index is 1100. The Morgan fingerprint density at radius 1 is 1.04 bits per heavy atom. The smallest absolute Gasteiger partial charge is 0.273 e. The molecular formula is C20H16N2O2S. The zero-order valence-electron chi connectivity index (χ0n) is 13.5. The average molecular weight is 348 g/mol. The third-order valence-corrected chi connectivity index (χ3v) is 5.38. The molecule has 0 bridgehead atoms. The number of nitrogens with zero attached hydrogens (tertiary/aromatic N) is 2. The number of ketones is 1. The summed E-state index contributed by atoms with van der Waals surface area (Å²) >= 11 is 1.39. The van der Waals surface area contributed by atoms with Crippen LogP contribution in [0.4, 0.5) is 0 Å². The number of benzene rings is 1. The van der Waals surface area contributed by atoms with Crippen molar-refractivity contribution in [2.75, 3.05) is 0 Å². The lowest BCUT2D eigenvalue weighted by Gasteiger charge is -2.03. The molecule has 0 N–H and O–H groups in total. The molecule has 0 spiro atoms. The molecule has 0 unspecified atom stereocenters. The van der Waals surface area contributed by atoms with Gasteiger partial charge >= 0.3 is 0 Å². The second-order valence-corrected chi connectivity index (χ2v) is 6.96. The predicted octanol–water partition coefficient (Wildman–Crippen LogP) is 2.03. The van der Waals surface area contributed by atoms with Gasteiger partial charge in [0.25, 0.3) is 5.56 Å². The molecule has 124 valence electrons. The minimum Gasteiger partial charge on any atom is -0.294 e. The molecule has 0 amide bonds. The van der Waals surface area contributed by atoms with Gasteiger partial charge in [-0.15, -0.1) is 11.3 Å². The first-order valence-corrected chi connectivity index (χ1v) is 9.01. The standard InChI is InChI=1S/C20H16N2O2S/c23-17-10-4-9-16(17)20-22(15-7-2-1-3-8-15)19(24)18(25-20)12-14-6-5-11-21-13-14/h1-3,5-8,11-13H,4,9-10H2/b18-12-,20-16+. The molecule has 0 saturated heterocycles. The van der Waals surface area contributed by atoms with E-state index in [4.69, 9.17) is 0 Å². The molecule has 5 heteroatoms. The largest absolute Gasteiger partial charge is 0.294 e. The van der Waals surface area contributed by atoms with Crippen LogP contribution in [0.5, 0.6) is 0 Å². The Labute approximate surface area is 148 Å². The Balaban J connectivity index is 2.05. The number of carbonyl (C=O) groups excluding carboxylic acids is 1. The van der Waals surface area contributed by atoms with E-state index in [0.717, 1.165) is 34.3 Å². The molecule has 1 aromatic carbocycles. The predicted molar refractivity (Wildman–Crippen MR) is 99.2 cm³/mol. The van der Waals surface area contributed by atoms with Gasteiger partial charge in [0.15, 0.2) is 5.78 Å². The zero-order chi connectivity index (χ0) is 17.2. The van der Waals surface area contributed by atoms with E-state index < -0.39 is 0 Å². The molecule has 2 heterocycles. The summed E-state index contributed by atoms with van der Waals surface area (Å²) in [6, 6.07) is 13.2. The van der Waals surface area contributed by atoms with Crippen LogP contribution in [-0.2, 0) is 4.79 Å². The number of hydrogen-bond donors (Lipinski definition) is 0. The van der Waals surface area contributed by atoms with Gasteiger partial charge in [-0.25, -0.2) is 0 Å². The van der Waals surface area contributed by atoms with Gasteiger partial charge in [-0.05, 0) is 42.7 Å². The lowest BCUT2D eigenvalue weighted by atomic mass is 10.2. The van der Waals surface area contributed by atoms with Crippen molar-refractivity contribution in [1.82, 2.24) is 9.55 Å². The van der Waals surface area contributed by atoms with Gasteiger partial charge in [0.1, 0.15) is 4.66 Å². The van der Waals surface area contributed by atoms with Gasteiger partial charge in [0.05, 0.1) is 10.2 Å². The third-order valence-electron chi connectivity index (χ3n) is 4.25. The number of thiazole rings is 1. The second kappa shape index (κ2) is 6.61. The number of aromatic nitrogens is 2. The summed E-state index contributed by atoms with van der Waals surface area (Å²) in [5, 5.41) is 0. The van der Waals surface area contributed by atoms with Gasteiger partial charge in [0, 0.05) is 24.4 Å². The van der Waals surface area contributed by atoms with Crippen molar-refractivity contribution in [2.45, 2.75) is 19.3 Å². The molecule has 1 saturated carbocycles. The highest BCUT2D eigenvalue weighted by molar-refractivity contribution is 7.07. The third kappa shape index (κ3) is 2.98. The van der Waals surface area contributed by atoms with Crippen LogP contribution in [0.15, 0.2) is 59.7 Å². The second-order valence-electron chi connectivity index (χ2n) is 5.93.